The summed E-state index contributed by atoms with van der Waals surface area (Å²) in [5.74, 6) is 0.546. The van der Waals surface area contributed by atoms with Gasteiger partial charge in [-0.05, 0) is 29.2 Å². The average molecular weight is 296 g/mol. The molecule has 0 spiro atoms. The first-order valence-electron chi connectivity index (χ1n) is 5.74. The fourth-order valence-electron chi connectivity index (χ4n) is 1.52. The van der Waals surface area contributed by atoms with Gasteiger partial charge in [-0.15, -0.1) is 0 Å². The number of H-pyrrole nitrogens is 1. The Hall–Kier alpha value is -2.22. The standard InChI is InChI=1S/C12H13N3O4S/c1-15-11(12(17)19-14-15)20-7-10(16)13-8-4-3-5-9(6-8)18-2/h3-6H,7H2,1-2H3,(H-,13,14,16,17)/p+1. The predicted octanol–water partition coefficient (Wildman–Crippen LogP) is 0.532. The van der Waals surface area contributed by atoms with E-state index in [-0.39, 0.29) is 11.7 Å². The molecular weight excluding hydrogens is 282 g/mol. The topological polar surface area (TPSA) is 88.2 Å². The van der Waals surface area contributed by atoms with Crippen molar-refractivity contribution in [1.29, 1.82) is 0 Å². The van der Waals surface area contributed by atoms with Crippen LogP contribution < -0.4 is 20.4 Å². The Morgan fingerprint density at radius 1 is 1.55 bits per heavy atom. The highest BCUT2D eigenvalue weighted by Crippen LogP contribution is 2.17. The van der Waals surface area contributed by atoms with E-state index in [0.717, 1.165) is 11.8 Å². The molecule has 0 aliphatic heterocycles. The lowest BCUT2D eigenvalue weighted by Crippen LogP contribution is -2.34. The van der Waals surface area contributed by atoms with Crippen molar-refractivity contribution in [1.82, 2.24) is 5.27 Å². The molecular formula is C12H14N3O4S+. The second kappa shape index (κ2) is 6.29. The predicted molar refractivity (Wildman–Crippen MR) is 72.9 cm³/mol. The summed E-state index contributed by atoms with van der Waals surface area (Å²) in [6.07, 6.45) is 0. The van der Waals surface area contributed by atoms with Crippen molar-refractivity contribution >= 4 is 23.4 Å². The highest BCUT2D eigenvalue weighted by Gasteiger charge is 2.19. The summed E-state index contributed by atoms with van der Waals surface area (Å²) < 4.78 is 11.1. The number of amides is 1. The molecule has 0 radical (unpaired) electrons. The largest absolute Gasteiger partial charge is 0.497 e. The number of hydrogen-bond donors (Lipinski definition) is 2. The van der Waals surface area contributed by atoms with Crippen LogP contribution in [0.2, 0.25) is 0 Å². The van der Waals surface area contributed by atoms with Crippen LogP contribution >= 0.6 is 11.8 Å². The smallest absolute Gasteiger partial charge is 0.441 e. The number of aromatic amines is 1. The number of carbonyl (C=O) groups is 1. The van der Waals surface area contributed by atoms with Crippen LogP contribution in [0.3, 0.4) is 0 Å². The summed E-state index contributed by atoms with van der Waals surface area (Å²) in [5, 5.41) is 5.45. The van der Waals surface area contributed by atoms with E-state index in [4.69, 9.17) is 4.74 Å². The van der Waals surface area contributed by atoms with Crippen molar-refractivity contribution in [2.75, 3.05) is 18.2 Å². The molecule has 1 aromatic carbocycles. The lowest BCUT2D eigenvalue weighted by Gasteiger charge is -2.05. The van der Waals surface area contributed by atoms with Crippen LogP contribution in [-0.2, 0) is 11.8 Å². The van der Waals surface area contributed by atoms with Crippen molar-refractivity contribution in [2.45, 2.75) is 5.03 Å². The lowest BCUT2D eigenvalue weighted by atomic mass is 10.3. The van der Waals surface area contributed by atoms with Crippen molar-refractivity contribution in [3.05, 3.63) is 34.7 Å². The Morgan fingerprint density at radius 2 is 2.35 bits per heavy atom. The number of nitrogens with one attached hydrogen (secondary N) is 2. The number of thioether (sulfide) groups is 1. The summed E-state index contributed by atoms with van der Waals surface area (Å²) in [6.45, 7) is 0. The van der Waals surface area contributed by atoms with E-state index in [1.54, 1.807) is 38.4 Å². The zero-order chi connectivity index (χ0) is 14.5. The van der Waals surface area contributed by atoms with Gasteiger partial charge in [-0.25, -0.2) is 4.79 Å². The van der Waals surface area contributed by atoms with Gasteiger partial charge >= 0.3 is 10.7 Å². The molecule has 7 nitrogen and oxygen atoms in total. The maximum Gasteiger partial charge on any atom is 0.441 e. The molecule has 0 aliphatic carbocycles. The number of rotatable bonds is 5. The van der Waals surface area contributed by atoms with Gasteiger partial charge in [0.15, 0.2) is 7.05 Å². The molecule has 0 fully saturated rings. The van der Waals surface area contributed by atoms with Gasteiger partial charge in [0.05, 0.1) is 12.9 Å². The molecule has 2 N–H and O–H groups in total. The Labute approximate surface area is 118 Å². The fraction of sp³-hybridized carbons (Fsp3) is 0.250. The number of aromatic nitrogens is 2. The molecule has 106 valence electrons. The molecule has 8 heteroatoms. The fourth-order valence-corrected chi connectivity index (χ4v) is 2.25. The van der Waals surface area contributed by atoms with Crippen LogP contribution in [0.5, 0.6) is 5.75 Å². The van der Waals surface area contributed by atoms with E-state index in [2.05, 4.69) is 15.1 Å². The maximum atomic E-state index is 11.8. The molecule has 2 rings (SSSR count). The van der Waals surface area contributed by atoms with Gasteiger partial charge in [0.2, 0.25) is 5.91 Å². The number of anilines is 1. The molecule has 1 heterocycles. The molecule has 0 aliphatic rings. The number of carbonyl (C=O) groups excluding carboxylic acids is 1. The first-order chi connectivity index (χ1) is 9.60. The third-order valence-electron chi connectivity index (χ3n) is 2.45. The molecule has 0 saturated carbocycles. The second-order valence-corrected chi connectivity index (χ2v) is 4.88. The van der Waals surface area contributed by atoms with Crippen LogP contribution in [0.15, 0.2) is 38.6 Å². The zero-order valence-electron chi connectivity index (χ0n) is 11.0. The first kappa shape index (κ1) is 14.2. The van der Waals surface area contributed by atoms with Crippen LogP contribution in [-0.4, -0.2) is 24.0 Å². The van der Waals surface area contributed by atoms with Gasteiger partial charge in [-0.3, -0.25) is 9.32 Å². The third-order valence-corrected chi connectivity index (χ3v) is 3.57. The Balaban J connectivity index is 1.94. The van der Waals surface area contributed by atoms with Crippen molar-refractivity contribution in [2.24, 2.45) is 7.05 Å². The van der Waals surface area contributed by atoms with E-state index in [9.17, 15) is 9.59 Å². The molecule has 1 aromatic heterocycles. The SMILES string of the molecule is COc1cccc(NC(=O)CSc2c(=O)o[nH][n+]2C)c1. The molecule has 0 atom stereocenters. The lowest BCUT2D eigenvalue weighted by molar-refractivity contribution is -0.772. The van der Waals surface area contributed by atoms with Crippen molar-refractivity contribution in [3.8, 4) is 5.75 Å². The number of ether oxygens (including phenoxy) is 1. The number of methoxy groups -OCH3 is 1. The Bertz CT molecular complexity index is 665. The number of aryl methyl sites for hydroxylation is 1. The van der Waals surface area contributed by atoms with E-state index >= 15 is 0 Å². The van der Waals surface area contributed by atoms with E-state index in [0.29, 0.717) is 16.5 Å². The van der Waals surface area contributed by atoms with Crippen LogP contribution in [0.4, 0.5) is 5.69 Å². The highest BCUT2D eigenvalue weighted by molar-refractivity contribution is 7.99. The summed E-state index contributed by atoms with van der Waals surface area (Å²) >= 11 is 1.10. The Kier molecular flexibility index (Phi) is 4.46. The van der Waals surface area contributed by atoms with E-state index < -0.39 is 5.63 Å². The third kappa shape index (κ3) is 3.41. The van der Waals surface area contributed by atoms with Crippen LogP contribution in [0, 0.1) is 0 Å². The summed E-state index contributed by atoms with van der Waals surface area (Å²) in [5.41, 5.74) is 0.145. The average Bonchev–Trinajstić information content (AvgIpc) is 2.76. The minimum Gasteiger partial charge on any atom is -0.497 e. The Morgan fingerprint density at radius 3 is 3.00 bits per heavy atom. The van der Waals surface area contributed by atoms with Gasteiger partial charge in [0, 0.05) is 11.8 Å². The molecule has 0 bridgehead atoms. The van der Waals surface area contributed by atoms with Crippen molar-refractivity contribution < 1.29 is 18.7 Å². The highest BCUT2D eigenvalue weighted by atomic mass is 32.2. The number of nitrogens with zero attached hydrogens (tertiary/aromatic N) is 1. The minimum absolute atomic E-state index is 0.105. The molecule has 0 saturated heterocycles. The van der Waals surface area contributed by atoms with Crippen LogP contribution in [0.25, 0.3) is 0 Å². The van der Waals surface area contributed by atoms with Crippen LogP contribution in [0.1, 0.15) is 0 Å². The van der Waals surface area contributed by atoms with E-state index in [1.165, 1.54) is 4.68 Å². The van der Waals surface area contributed by atoms with Gasteiger partial charge in [0.25, 0.3) is 0 Å². The summed E-state index contributed by atoms with van der Waals surface area (Å²) in [4.78, 5) is 23.1. The zero-order valence-corrected chi connectivity index (χ0v) is 11.8. The van der Waals surface area contributed by atoms with Gasteiger partial charge in [0.1, 0.15) is 5.75 Å². The minimum atomic E-state index is -0.494. The molecule has 1 amide bonds. The number of benzene rings is 1. The first-order valence-corrected chi connectivity index (χ1v) is 6.73. The summed E-state index contributed by atoms with van der Waals surface area (Å²) in [7, 11) is 3.19. The monoisotopic (exact) mass is 296 g/mol. The summed E-state index contributed by atoms with van der Waals surface area (Å²) in [6, 6.07) is 7.04. The molecule has 2 aromatic rings. The van der Waals surface area contributed by atoms with Gasteiger partial charge < -0.3 is 10.1 Å². The number of hydrogen-bond acceptors (Lipinski definition) is 5. The maximum absolute atomic E-state index is 11.8. The quantitative estimate of drug-likeness (QED) is 0.621. The van der Waals surface area contributed by atoms with Gasteiger partial charge in [-0.1, -0.05) is 10.7 Å². The molecule has 0 unspecified atom stereocenters. The van der Waals surface area contributed by atoms with Gasteiger partial charge in [-0.2, -0.15) is 0 Å². The normalized spacial score (nSPS) is 10.3. The van der Waals surface area contributed by atoms with Crippen molar-refractivity contribution in [3.63, 3.8) is 0 Å². The molecule has 20 heavy (non-hydrogen) atoms. The second-order valence-electron chi connectivity index (χ2n) is 3.91. The van der Waals surface area contributed by atoms with E-state index in [1.807, 2.05) is 0 Å².